The molecule has 1 aliphatic rings. The lowest BCUT2D eigenvalue weighted by atomic mass is 10.1. The fourth-order valence-electron chi connectivity index (χ4n) is 2.41. The second-order valence-corrected chi connectivity index (χ2v) is 4.95. The Balaban J connectivity index is 2.13. The molecule has 0 saturated heterocycles. The molecule has 21 heavy (non-hydrogen) atoms. The van der Waals surface area contributed by atoms with E-state index in [1.165, 1.54) is 6.07 Å². The van der Waals surface area contributed by atoms with Gasteiger partial charge in [0.15, 0.2) is 5.75 Å². The summed E-state index contributed by atoms with van der Waals surface area (Å²) in [5, 5.41) is 9.17. The van der Waals surface area contributed by atoms with E-state index < -0.39 is 5.97 Å². The van der Waals surface area contributed by atoms with Gasteiger partial charge in [-0.3, -0.25) is 4.79 Å². The number of unbranched alkanes of at least 4 members (excludes halogenated alkanes) is 2. The molecule has 3 N–H and O–H groups in total. The zero-order valence-electron chi connectivity index (χ0n) is 11.9. The number of fused-ring (bicyclic) bond motifs is 1. The van der Waals surface area contributed by atoms with Crippen LogP contribution in [0.25, 0.3) is 0 Å². The van der Waals surface area contributed by atoms with Crippen molar-refractivity contribution in [3.63, 3.8) is 0 Å². The van der Waals surface area contributed by atoms with E-state index in [4.69, 9.17) is 10.5 Å². The minimum atomic E-state index is -1.05. The van der Waals surface area contributed by atoms with Crippen LogP contribution in [0.15, 0.2) is 18.2 Å². The highest BCUT2D eigenvalue weighted by atomic mass is 16.5. The Hall–Kier alpha value is -2.08. The summed E-state index contributed by atoms with van der Waals surface area (Å²) in [6, 6.07) is 4.83. The first-order valence-electron chi connectivity index (χ1n) is 7.14. The molecule has 0 aromatic heterocycles. The Morgan fingerprint density at radius 3 is 2.81 bits per heavy atom. The van der Waals surface area contributed by atoms with Crippen molar-refractivity contribution in [2.75, 3.05) is 24.6 Å². The summed E-state index contributed by atoms with van der Waals surface area (Å²) in [4.78, 5) is 25.1. The number of amides is 1. The van der Waals surface area contributed by atoms with Crippen molar-refractivity contribution in [1.82, 2.24) is 0 Å². The molecule has 1 aromatic carbocycles. The molecule has 0 fully saturated rings. The zero-order chi connectivity index (χ0) is 15.2. The number of carbonyl (C=O) groups is 2. The number of rotatable bonds is 6. The van der Waals surface area contributed by atoms with Gasteiger partial charge >= 0.3 is 5.97 Å². The summed E-state index contributed by atoms with van der Waals surface area (Å²) in [5.41, 5.74) is 6.07. The van der Waals surface area contributed by atoms with Gasteiger partial charge < -0.3 is 20.5 Å². The lowest BCUT2D eigenvalue weighted by molar-refractivity contribution is -0.119. The smallest absolute Gasteiger partial charge is 0.339 e. The van der Waals surface area contributed by atoms with Gasteiger partial charge in [-0.15, -0.1) is 0 Å². The van der Waals surface area contributed by atoms with E-state index in [0.29, 0.717) is 31.8 Å². The van der Waals surface area contributed by atoms with E-state index in [1.807, 2.05) is 0 Å². The summed E-state index contributed by atoms with van der Waals surface area (Å²) in [6.07, 6.45) is 3.07. The number of nitrogens with two attached hydrogens (primary N) is 1. The van der Waals surface area contributed by atoms with Crippen LogP contribution in [0.1, 0.15) is 36.0 Å². The van der Waals surface area contributed by atoms with Gasteiger partial charge in [-0.2, -0.15) is 0 Å². The third kappa shape index (κ3) is 3.52. The Morgan fingerprint density at radius 2 is 2.10 bits per heavy atom. The molecule has 0 atom stereocenters. The average Bonchev–Trinajstić information content (AvgIpc) is 2.50. The predicted molar refractivity (Wildman–Crippen MR) is 78.8 cm³/mol. The molecule has 6 heteroatoms. The highest BCUT2D eigenvalue weighted by Crippen LogP contribution is 2.35. The van der Waals surface area contributed by atoms with Gasteiger partial charge in [0.25, 0.3) is 0 Å². The number of carboxylic acid groups (broad SMARTS) is 1. The van der Waals surface area contributed by atoms with Crippen LogP contribution < -0.4 is 15.4 Å². The summed E-state index contributed by atoms with van der Waals surface area (Å²) < 4.78 is 5.45. The predicted octanol–water partition coefficient (Wildman–Crippen LogP) is 1.63. The maximum Gasteiger partial charge on any atom is 0.339 e. The molecular weight excluding hydrogens is 272 g/mol. The highest BCUT2D eigenvalue weighted by molar-refractivity contribution is 5.99. The SMILES string of the molecule is NCCCCCC(=O)N1CCOc2c(C(=O)O)cccc21. The number of carboxylic acids is 1. The summed E-state index contributed by atoms with van der Waals surface area (Å²) in [5.74, 6) is -0.769. The van der Waals surface area contributed by atoms with E-state index in [1.54, 1.807) is 17.0 Å². The molecule has 1 amide bonds. The molecule has 0 aliphatic carbocycles. The van der Waals surface area contributed by atoms with E-state index >= 15 is 0 Å². The second-order valence-electron chi connectivity index (χ2n) is 4.95. The van der Waals surface area contributed by atoms with Crippen molar-refractivity contribution in [2.24, 2.45) is 5.73 Å². The van der Waals surface area contributed by atoms with Crippen molar-refractivity contribution in [3.05, 3.63) is 23.8 Å². The Bertz CT molecular complexity index is 530. The lowest BCUT2D eigenvalue weighted by Gasteiger charge is -2.30. The molecule has 1 aromatic rings. The first-order chi connectivity index (χ1) is 10.1. The number of nitrogens with zero attached hydrogens (tertiary/aromatic N) is 1. The van der Waals surface area contributed by atoms with Crippen LogP contribution in [-0.4, -0.2) is 36.7 Å². The molecule has 0 radical (unpaired) electrons. The number of aromatic carboxylic acids is 1. The van der Waals surface area contributed by atoms with Gasteiger partial charge in [-0.05, 0) is 31.5 Å². The van der Waals surface area contributed by atoms with Gasteiger partial charge in [-0.1, -0.05) is 12.5 Å². The average molecular weight is 292 g/mol. The first kappa shape index (κ1) is 15.3. The molecule has 1 aliphatic heterocycles. The first-order valence-corrected chi connectivity index (χ1v) is 7.14. The van der Waals surface area contributed by atoms with Crippen LogP contribution in [0.4, 0.5) is 5.69 Å². The van der Waals surface area contributed by atoms with Crippen molar-refractivity contribution < 1.29 is 19.4 Å². The maximum atomic E-state index is 12.3. The fraction of sp³-hybridized carbons (Fsp3) is 0.467. The quantitative estimate of drug-likeness (QED) is 0.777. The van der Waals surface area contributed by atoms with Gasteiger partial charge in [-0.25, -0.2) is 4.79 Å². The highest BCUT2D eigenvalue weighted by Gasteiger charge is 2.26. The number of benzene rings is 1. The molecular formula is C15H20N2O4. The number of ether oxygens (including phenoxy) is 1. The Morgan fingerprint density at radius 1 is 1.29 bits per heavy atom. The summed E-state index contributed by atoms with van der Waals surface area (Å²) in [6.45, 7) is 1.40. The second kappa shape index (κ2) is 7.08. The van der Waals surface area contributed by atoms with Gasteiger partial charge in [0, 0.05) is 6.42 Å². The maximum absolute atomic E-state index is 12.3. The minimum absolute atomic E-state index is 0.000824. The van der Waals surface area contributed by atoms with Crippen LogP contribution >= 0.6 is 0 Å². The monoisotopic (exact) mass is 292 g/mol. The number of hydrogen-bond acceptors (Lipinski definition) is 4. The topological polar surface area (TPSA) is 92.9 Å². The lowest BCUT2D eigenvalue weighted by Crippen LogP contribution is -2.38. The van der Waals surface area contributed by atoms with E-state index in [2.05, 4.69) is 0 Å². The summed E-state index contributed by atoms with van der Waals surface area (Å²) in [7, 11) is 0. The largest absolute Gasteiger partial charge is 0.489 e. The molecule has 0 spiro atoms. The number of hydrogen-bond donors (Lipinski definition) is 2. The van der Waals surface area contributed by atoms with Crippen molar-refractivity contribution in [3.8, 4) is 5.75 Å². The fourth-order valence-corrected chi connectivity index (χ4v) is 2.41. The Labute approximate surface area is 123 Å². The van der Waals surface area contributed by atoms with E-state index in [-0.39, 0.29) is 17.2 Å². The van der Waals surface area contributed by atoms with Gasteiger partial charge in [0.1, 0.15) is 12.2 Å². The standard InChI is InChI=1S/C15H20N2O4/c16-8-3-1-2-7-13(18)17-9-10-21-14-11(15(19)20)5-4-6-12(14)17/h4-6H,1-3,7-10,16H2,(H,19,20). The van der Waals surface area contributed by atoms with Crippen LogP contribution in [0.5, 0.6) is 5.75 Å². The molecule has 6 nitrogen and oxygen atoms in total. The van der Waals surface area contributed by atoms with Crippen LogP contribution in [0, 0.1) is 0 Å². The molecule has 0 unspecified atom stereocenters. The van der Waals surface area contributed by atoms with E-state index in [9.17, 15) is 14.7 Å². The van der Waals surface area contributed by atoms with Crippen LogP contribution in [0.2, 0.25) is 0 Å². The molecule has 2 rings (SSSR count). The van der Waals surface area contributed by atoms with E-state index in [0.717, 1.165) is 19.3 Å². The molecule has 1 heterocycles. The summed E-state index contributed by atoms with van der Waals surface area (Å²) >= 11 is 0. The Kier molecular flexibility index (Phi) is 5.16. The van der Waals surface area contributed by atoms with Crippen LogP contribution in [0.3, 0.4) is 0 Å². The number of para-hydroxylation sites is 1. The number of anilines is 1. The van der Waals surface area contributed by atoms with Gasteiger partial charge in [0.05, 0.1) is 12.2 Å². The normalized spacial score (nSPS) is 13.5. The molecule has 114 valence electrons. The number of carbonyl (C=O) groups excluding carboxylic acids is 1. The van der Waals surface area contributed by atoms with Crippen LogP contribution in [-0.2, 0) is 4.79 Å². The third-order valence-corrected chi connectivity index (χ3v) is 3.47. The van der Waals surface area contributed by atoms with Crippen molar-refractivity contribution in [2.45, 2.75) is 25.7 Å². The molecule has 0 bridgehead atoms. The minimum Gasteiger partial charge on any atom is -0.489 e. The molecule has 0 saturated carbocycles. The third-order valence-electron chi connectivity index (χ3n) is 3.47. The van der Waals surface area contributed by atoms with Gasteiger partial charge in [0.2, 0.25) is 5.91 Å². The zero-order valence-corrected chi connectivity index (χ0v) is 11.9. The van der Waals surface area contributed by atoms with Crippen molar-refractivity contribution in [1.29, 1.82) is 0 Å². The van der Waals surface area contributed by atoms with Crippen molar-refractivity contribution >= 4 is 17.6 Å².